The van der Waals surface area contributed by atoms with Crippen LogP contribution in [0.5, 0.6) is 0 Å². The SMILES string of the molecule is CC1=C2C[C@H]3[C@@H](CC[C@@H]4CC(=O)CC[C@@]43C)[C@@H]2CC[C@@]2(C1)O[C@@H]1C[C@H](C)CN(Cc3ccccc3)[C@H]1[C@H]2C.CC1=C2C[C@H]3[C@@H](CC[C@@H]4C[C@@H](O)CC[C@@]43C)[C@@H]2CC[C@@]2(C1)O[C@@H]1C[C@H](C)CN(Cc3ccccc3)[C@H]1[C@H]2C. The van der Waals surface area contributed by atoms with Gasteiger partial charge in [-0.15, -0.1) is 0 Å². The Morgan fingerprint density at radius 2 is 1.04 bits per heavy atom. The van der Waals surface area contributed by atoms with Gasteiger partial charge in [0.15, 0.2) is 0 Å². The molecule has 0 aromatic heterocycles. The van der Waals surface area contributed by atoms with Gasteiger partial charge in [0.1, 0.15) is 5.78 Å². The van der Waals surface area contributed by atoms with Crippen LogP contribution < -0.4 is 0 Å². The smallest absolute Gasteiger partial charge is 0.133 e. The second-order valence-corrected chi connectivity index (χ2v) is 29.9. The molecule has 6 saturated carbocycles. The number of Topliss-reactive ketones (excluding diaryl/α,β-unsaturated/α-hetero) is 1. The molecule has 4 heterocycles. The number of carbonyl (C=O) groups is 1. The molecule has 2 spiro atoms. The number of hydrogen-bond donors (Lipinski definition) is 1. The van der Waals surface area contributed by atoms with Crippen molar-refractivity contribution < 1.29 is 19.4 Å². The average molecular weight is 1030 g/mol. The number of ketones is 1. The molecular weight excluding hydrogens is 933 g/mol. The number of ether oxygens (including phenoxy) is 2. The fourth-order valence-electron chi connectivity index (χ4n) is 22.2. The topological polar surface area (TPSA) is 62.2 Å². The number of nitrogens with zero attached hydrogens (tertiary/aromatic N) is 2. The third kappa shape index (κ3) is 8.90. The normalized spacial score (nSPS) is 47.9. The van der Waals surface area contributed by atoms with Gasteiger partial charge in [0.2, 0.25) is 0 Å². The Hall–Kier alpha value is -2.61. The van der Waals surface area contributed by atoms with E-state index in [0.29, 0.717) is 70.5 Å². The lowest BCUT2D eigenvalue weighted by molar-refractivity contribution is -0.129. The number of fused-ring (bicyclic) bond motifs is 12. The van der Waals surface area contributed by atoms with Crippen LogP contribution in [0.4, 0.5) is 0 Å². The average Bonchev–Trinajstić information content (AvgIpc) is 4.07. The Balaban J connectivity index is 0.000000146. The first-order valence-electron chi connectivity index (χ1n) is 32.0. The molecule has 0 bridgehead atoms. The molecule has 12 aliphatic rings. The van der Waals surface area contributed by atoms with Crippen LogP contribution in [0.15, 0.2) is 83.0 Å². The van der Waals surface area contributed by atoms with Crippen LogP contribution in [-0.4, -0.2) is 75.4 Å². The second kappa shape index (κ2) is 20.1. The van der Waals surface area contributed by atoms with Gasteiger partial charge in [-0.25, -0.2) is 0 Å². The molecule has 8 aliphatic carbocycles. The highest BCUT2D eigenvalue weighted by Gasteiger charge is 2.63. The number of allylic oxidation sites excluding steroid dienone is 2. The quantitative estimate of drug-likeness (QED) is 0.308. The maximum absolute atomic E-state index is 12.3. The Labute approximate surface area is 460 Å². The van der Waals surface area contributed by atoms with Crippen LogP contribution in [0.1, 0.15) is 195 Å². The fraction of sp³-hybridized carbons (Fsp3) is 0.757. The molecule has 1 N–H and O–H groups in total. The molecule has 2 aromatic carbocycles. The maximum Gasteiger partial charge on any atom is 0.133 e. The first-order chi connectivity index (χ1) is 36.5. The number of piperidine rings is 2. The van der Waals surface area contributed by atoms with E-state index in [2.05, 4.69) is 126 Å². The molecule has 2 aromatic rings. The molecular formula is C70H100N2O4. The number of carbonyl (C=O) groups excluding carboxylic acids is 1. The standard InChI is InChI=1S/C35H51NO2.C35H49NO2/c2*1-22-16-32-33(36(20-22)21-25-8-6-5-7-9-25)24(3)35(38-32)15-13-28-29-11-10-26-17-27(37)12-14-34(26,4)31(29)18-30(28)23(2)19-35/h5-9,22,24,26-29,31-33,37H,10-21H2,1-4H3;5-9,22,24,26,28-29,31-33H,10-21H2,1-4H3/t22-,24+,26+,27-,28-,29-,31-,32+,33-,34-,35-;22-,24+,26+,28-,29-,31-,32+,33-,34-,35-/m00/s1. The maximum atomic E-state index is 12.3. The van der Waals surface area contributed by atoms with Crippen LogP contribution in [0.3, 0.4) is 0 Å². The number of aliphatic hydroxyl groups is 1. The third-order valence-electron chi connectivity index (χ3n) is 26.0. The predicted octanol–water partition coefficient (Wildman–Crippen LogP) is 15.0. The van der Waals surface area contributed by atoms with Crippen molar-refractivity contribution in [1.82, 2.24) is 9.80 Å². The van der Waals surface area contributed by atoms with Crippen LogP contribution in [0.25, 0.3) is 0 Å². The zero-order chi connectivity index (χ0) is 52.5. The zero-order valence-corrected chi connectivity index (χ0v) is 48.6. The van der Waals surface area contributed by atoms with E-state index in [9.17, 15) is 9.90 Å². The summed E-state index contributed by atoms with van der Waals surface area (Å²) in [4.78, 5) is 17.9. The minimum absolute atomic E-state index is 0.00358. The molecule has 21 atom stereocenters. The van der Waals surface area contributed by atoms with Crippen molar-refractivity contribution in [3.63, 3.8) is 0 Å². The van der Waals surface area contributed by atoms with Gasteiger partial charge in [-0.3, -0.25) is 14.6 Å². The highest BCUT2D eigenvalue weighted by molar-refractivity contribution is 5.79. The molecule has 14 rings (SSSR count). The summed E-state index contributed by atoms with van der Waals surface area (Å²) in [6.45, 7) is 24.5. The number of hydrogen-bond acceptors (Lipinski definition) is 6. The number of aliphatic hydroxyl groups excluding tert-OH is 1. The van der Waals surface area contributed by atoms with Crippen molar-refractivity contribution >= 4 is 5.78 Å². The molecule has 4 aliphatic heterocycles. The largest absolute Gasteiger partial charge is 0.393 e. The Bertz CT molecular complexity index is 2520. The highest BCUT2D eigenvalue weighted by Crippen LogP contribution is 2.67. The summed E-state index contributed by atoms with van der Waals surface area (Å²) in [5.41, 5.74) is 10.7. The minimum Gasteiger partial charge on any atom is -0.393 e. The minimum atomic E-state index is -0.0500. The van der Waals surface area contributed by atoms with E-state index in [1.807, 2.05) is 11.1 Å². The van der Waals surface area contributed by atoms with E-state index in [1.54, 1.807) is 11.1 Å². The number of likely N-dealkylation sites (tertiary alicyclic amines) is 2. The second-order valence-electron chi connectivity index (χ2n) is 29.9. The summed E-state index contributed by atoms with van der Waals surface area (Å²) in [7, 11) is 0. The first-order valence-corrected chi connectivity index (χ1v) is 32.0. The van der Waals surface area contributed by atoms with E-state index in [1.165, 1.54) is 108 Å². The van der Waals surface area contributed by atoms with Crippen molar-refractivity contribution in [2.45, 2.75) is 238 Å². The number of rotatable bonds is 4. The lowest BCUT2D eigenvalue weighted by Crippen LogP contribution is -2.51. The molecule has 10 fully saturated rings. The molecule has 414 valence electrons. The van der Waals surface area contributed by atoms with E-state index < -0.39 is 0 Å². The van der Waals surface area contributed by atoms with E-state index in [0.717, 1.165) is 99.5 Å². The van der Waals surface area contributed by atoms with Crippen LogP contribution in [-0.2, 0) is 27.4 Å². The van der Waals surface area contributed by atoms with Crippen LogP contribution >= 0.6 is 0 Å². The fourth-order valence-corrected chi connectivity index (χ4v) is 22.2. The van der Waals surface area contributed by atoms with Gasteiger partial charge in [-0.2, -0.15) is 0 Å². The molecule has 0 radical (unpaired) electrons. The van der Waals surface area contributed by atoms with Gasteiger partial charge >= 0.3 is 0 Å². The van der Waals surface area contributed by atoms with Crippen molar-refractivity contribution in [1.29, 1.82) is 0 Å². The Morgan fingerprint density at radius 3 is 1.54 bits per heavy atom. The lowest BCUT2D eigenvalue weighted by Gasteiger charge is -2.53. The zero-order valence-electron chi connectivity index (χ0n) is 48.6. The van der Waals surface area contributed by atoms with Crippen LogP contribution in [0, 0.1) is 81.8 Å². The summed E-state index contributed by atoms with van der Waals surface area (Å²) in [6.07, 6.45) is 24.6. The Morgan fingerprint density at radius 1 is 0.566 bits per heavy atom. The Kier molecular flexibility index (Phi) is 14.0. The summed E-state index contributed by atoms with van der Waals surface area (Å²) in [5.74, 6) is 9.28. The lowest BCUT2D eigenvalue weighted by atomic mass is 9.52. The van der Waals surface area contributed by atoms with Gasteiger partial charge in [-0.05, 0) is 211 Å². The molecule has 76 heavy (non-hydrogen) atoms. The van der Waals surface area contributed by atoms with Crippen LogP contribution in [0.2, 0.25) is 0 Å². The molecule has 0 unspecified atom stereocenters. The van der Waals surface area contributed by atoms with Crippen molar-refractivity contribution in [2.24, 2.45) is 81.8 Å². The number of benzene rings is 2. The van der Waals surface area contributed by atoms with Gasteiger partial charge in [-0.1, -0.05) is 124 Å². The van der Waals surface area contributed by atoms with Crippen molar-refractivity contribution in [2.75, 3.05) is 13.1 Å². The third-order valence-corrected chi connectivity index (χ3v) is 26.0. The van der Waals surface area contributed by atoms with Gasteiger partial charge in [0.25, 0.3) is 0 Å². The van der Waals surface area contributed by atoms with Gasteiger partial charge < -0.3 is 14.6 Å². The van der Waals surface area contributed by atoms with Crippen molar-refractivity contribution in [3.8, 4) is 0 Å². The molecule has 0 amide bonds. The molecule has 4 saturated heterocycles. The highest BCUT2D eigenvalue weighted by atomic mass is 16.5. The van der Waals surface area contributed by atoms with E-state index in [4.69, 9.17) is 9.47 Å². The summed E-state index contributed by atoms with van der Waals surface area (Å²) >= 11 is 0. The summed E-state index contributed by atoms with van der Waals surface area (Å²) < 4.78 is 14.6. The first kappa shape index (κ1) is 52.7. The molecule has 6 heteroatoms. The molecule has 6 nitrogen and oxygen atoms in total. The summed E-state index contributed by atoms with van der Waals surface area (Å²) in [6, 6.07) is 23.3. The van der Waals surface area contributed by atoms with Gasteiger partial charge in [0, 0.05) is 62.9 Å². The van der Waals surface area contributed by atoms with E-state index in [-0.39, 0.29) is 17.3 Å². The summed E-state index contributed by atoms with van der Waals surface area (Å²) in [5, 5.41) is 10.4. The van der Waals surface area contributed by atoms with Gasteiger partial charge in [0.05, 0.1) is 29.5 Å². The predicted molar refractivity (Wildman–Crippen MR) is 306 cm³/mol. The van der Waals surface area contributed by atoms with E-state index >= 15 is 0 Å². The monoisotopic (exact) mass is 1030 g/mol. The van der Waals surface area contributed by atoms with Crippen molar-refractivity contribution in [3.05, 3.63) is 94.1 Å².